The standard InChI is InChI=1S/C16H15N3O6/c1-8(2)25-11-4-3-9(15(21)22)7-10(11)19-14(20)12-13(16(23)24)18-6-5-17-12/h3-8H,1-2H3,(H,19,20)(H,21,22)(H,23,24). The first-order chi connectivity index (χ1) is 11.8. The van der Waals surface area contributed by atoms with E-state index in [4.69, 9.17) is 14.9 Å². The highest BCUT2D eigenvalue weighted by molar-refractivity contribution is 6.09. The molecule has 3 N–H and O–H groups in total. The third kappa shape index (κ3) is 4.28. The van der Waals surface area contributed by atoms with Gasteiger partial charge in [-0.05, 0) is 32.0 Å². The lowest BCUT2D eigenvalue weighted by atomic mass is 10.1. The Morgan fingerprint density at radius 2 is 1.68 bits per heavy atom. The molecule has 0 spiro atoms. The van der Waals surface area contributed by atoms with Crippen LogP contribution in [0.5, 0.6) is 5.75 Å². The number of hydrogen-bond donors (Lipinski definition) is 3. The quantitative estimate of drug-likeness (QED) is 0.721. The molecule has 9 nitrogen and oxygen atoms in total. The number of benzene rings is 1. The van der Waals surface area contributed by atoms with Gasteiger partial charge in [-0.25, -0.2) is 19.6 Å². The summed E-state index contributed by atoms with van der Waals surface area (Å²) in [5, 5.41) is 20.6. The van der Waals surface area contributed by atoms with Gasteiger partial charge >= 0.3 is 11.9 Å². The second kappa shape index (κ2) is 7.39. The molecular formula is C16H15N3O6. The van der Waals surface area contributed by atoms with Gasteiger partial charge in [0.1, 0.15) is 5.75 Å². The van der Waals surface area contributed by atoms with Crippen LogP contribution < -0.4 is 10.1 Å². The second-order valence-corrected chi connectivity index (χ2v) is 5.20. The number of anilines is 1. The maximum Gasteiger partial charge on any atom is 0.356 e. The number of nitrogens with one attached hydrogen (secondary N) is 1. The first-order valence-electron chi connectivity index (χ1n) is 7.19. The van der Waals surface area contributed by atoms with Crippen LogP contribution in [0.2, 0.25) is 0 Å². The van der Waals surface area contributed by atoms with Crippen molar-refractivity contribution in [1.82, 2.24) is 9.97 Å². The van der Waals surface area contributed by atoms with Gasteiger partial charge in [-0.3, -0.25) is 4.79 Å². The van der Waals surface area contributed by atoms with Crippen LogP contribution in [0.3, 0.4) is 0 Å². The Bertz CT molecular complexity index is 834. The number of aromatic carboxylic acids is 2. The topological polar surface area (TPSA) is 139 Å². The Kier molecular flexibility index (Phi) is 5.28. The van der Waals surface area contributed by atoms with Crippen LogP contribution in [-0.2, 0) is 0 Å². The van der Waals surface area contributed by atoms with Gasteiger partial charge in [0, 0.05) is 12.4 Å². The van der Waals surface area contributed by atoms with E-state index in [2.05, 4.69) is 15.3 Å². The number of carbonyl (C=O) groups is 3. The summed E-state index contributed by atoms with van der Waals surface area (Å²) in [5.41, 5.74) is -0.892. The fraction of sp³-hybridized carbons (Fsp3) is 0.188. The van der Waals surface area contributed by atoms with Crippen molar-refractivity contribution in [3.63, 3.8) is 0 Å². The van der Waals surface area contributed by atoms with Gasteiger partial charge in [0.05, 0.1) is 17.4 Å². The Morgan fingerprint density at radius 3 is 2.24 bits per heavy atom. The Morgan fingerprint density at radius 1 is 1.04 bits per heavy atom. The molecule has 9 heteroatoms. The summed E-state index contributed by atoms with van der Waals surface area (Å²) in [6, 6.07) is 3.96. The van der Waals surface area contributed by atoms with Crippen molar-refractivity contribution in [2.24, 2.45) is 0 Å². The number of ether oxygens (including phenoxy) is 1. The molecular weight excluding hydrogens is 330 g/mol. The third-order valence-corrected chi connectivity index (χ3v) is 2.95. The smallest absolute Gasteiger partial charge is 0.356 e. The lowest BCUT2D eigenvalue weighted by Gasteiger charge is -2.15. The van der Waals surface area contributed by atoms with Gasteiger partial charge < -0.3 is 20.3 Å². The fourth-order valence-corrected chi connectivity index (χ4v) is 1.96. The number of rotatable bonds is 6. The second-order valence-electron chi connectivity index (χ2n) is 5.20. The van der Waals surface area contributed by atoms with Gasteiger partial charge in [0.2, 0.25) is 0 Å². The van der Waals surface area contributed by atoms with E-state index in [1.54, 1.807) is 13.8 Å². The fourth-order valence-electron chi connectivity index (χ4n) is 1.96. The van der Waals surface area contributed by atoms with Crippen molar-refractivity contribution in [2.45, 2.75) is 20.0 Å². The number of aromatic nitrogens is 2. The molecule has 1 amide bonds. The molecule has 0 bridgehead atoms. The van der Waals surface area contributed by atoms with E-state index in [1.165, 1.54) is 24.4 Å². The van der Waals surface area contributed by atoms with Crippen molar-refractivity contribution in [3.8, 4) is 5.75 Å². The predicted octanol–water partition coefficient (Wildman–Crippen LogP) is 1.91. The number of hydrogen-bond acceptors (Lipinski definition) is 6. The van der Waals surface area contributed by atoms with Crippen LogP contribution in [-0.4, -0.2) is 44.1 Å². The lowest BCUT2D eigenvalue weighted by Crippen LogP contribution is -2.20. The molecule has 0 saturated carbocycles. The van der Waals surface area contributed by atoms with Crippen LogP contribution in [0.15, 0.2) is 30.6 Å². The van der Waals surface area contributed by atoms with Gasteiger partial charge in [-0.1, -0.05) is 0 Å². The molecule has 0 unspecified atom stereocenters. The zero-order chi connectivity index (χ0) is 18.6. The highest BCUT2D eigenvalue weighted by Gasteiger charge is 2.21. The molecule has 0 radical (unpaired) electrons. The molecule has 1 aromatic heterocycles. The minimum atomic E-state index is -1.41. The summed E-state index contributed by atoms with van der Waals surface area (Å²) in [5.74, 6) is -3.19. The molecule has 1 heterocycles. The normalized spacial score (nSPS) is 10.4. The van der Waals surface area contributed by atoms with Gasteiger partial charge in [-0.15, -0.1) is 0 Å². The average Bonchev–Trinajstić information content (AvgIpc) is 2.55. The van der Waals surface area contributed by atoms with Crippen LogP contribution in [0.4, 0.5) is 5.69 Å². The summed E-state index contributed by atoms with van der Waals surface area (Å²) < 4.78 is 5.53. The van der Waals surface area contributed by atoms with Gasteiger partial charge in [-0.2, -0.15) is 0 Å². The minimum absolute atomic E-state index is 0.0657. The molecule has 1 aromatic carbocycles. The highest BCUT2D eigenvalue weighted by Crippen LogP contribution is 2.27. The molecule has 2 aromatic rings. The minimum Gasteiger partial charge on any atom is -0.489 e. The summed E-state index contributed by atoms with van der Waals surface area (Å²) >= 11 is 0. The largest absolute Gasteiger partial charge is 0.489 e. The van der Waals surface area contributed by atoms with Crippen molar-refractivity contribution < 1.29 is 29.3 Å². The number of carboxylic acid groups (broad SMARTS) is 2. The number of carboxylic acids is 2. The zero-order valence-electron chi connectivity index (χ0n) is 13.4. The van der Waals surface area contributed by atoms with Crippen molar-refractivity contribution >= 4 is 23.5 Å². The molecule has 0 fully saturated rings. The van der Waals surface area contributed by atoms with Gasteiger partial charge in [0.15, 0.2) is 11.4 Å². The Balaban J connectivity index is 2.41. The molecule has 0 atom stereocenters. The van der Waals surface area contributed by atoms with E-state index in [1.807, 2.05) is 0 Å². The van der Waals surface area contributed by atoms with Crippen molar-refractivity contribution in [1.29, 1.82) is 0 Å². The number of nitrogens with zero attached hydrogens (tertiary/aromatic N) is 2. The number of amides is 1. The first kappa shape index (κ1) is 17.9. The zero-order valence-corrected chi connectivity index (χ0v) is 13.4. The summed E-state index contributed by atoms with van der Waals surface area (Å²) in [6.45, 7) is 3.53. The van der Waals surface area contributed by atoms with E-state index in [0.29, 0.717) is 0 Å². The summed E-state index contributed by atoms with van der Waals surface area (Å²) in [6.07, 6.45) is 2.11. The van der Waals surface area contributed by atoms with Crippen LogP contribution in [0.25, 0.3) is 0 Å². The summed E-state index contributed by atoms with van der Waals surface area (Å²) in [7, 11) is 0. The molecule has 0 aliphatic rings. The average molecular weight is 345 g/mol. The Labute approximate surface area is 142 Å². The molecule has 0 aliphatic carbocycles. The van der Waals surface area contributed by atoms with Crippen LogP contribution in [0.1, 0.15) is 45.2 Å². The van der Waals surface area contributed by atoms with E-state index in [0.717, 1.165) is 6.20 Å². The SMILES string of the molecule is CC(C)Oc1ccc(C(=O)O)cc1NC(=O)c1nccnc1C(=O)O. The van der Waals surface area contributed by atoms with E-state index < -0.39 is 29.2 Å². The molecule has 2 rings (SSSR count). The highest BCUT2D eigenvalue weighted by atomic mass is 16.5. The summed E-state index contributed by atoms with van der Waals surface area (Å²) in [4.78, 5) is 42.0. The van der Waals surface area contributed by atoms with E-state index >= 15 is 0 Å². The Hall–Kier alpha value is -3.49. The lowest BCUT2D eigenvalue weighted by molar-refractivity contribution is 0.0680. The maximum absolute atomic E-state index is 12.4. The van der Waals surface area contributed by atoms with Crippen molar-refractivity contribution in [2.75, 3.05) is 5.32 Å². The molecule has 25 heavy (non-hydrogen) atoms. The predicted molar refractivity (Wildman–Crippen MR) is 86.1 cm³/mol. The van der Waals surface area contributed by atoms with E-state index in [-0.39, 0.29) is 23.1 Å². The van der Waals surface area contributed by atoms with Crippen LogP contribution >= 0.6 is 0 Å². The maximum atomic E-state index is 12.4. The first-order valence-corrected chi connectivity index (χ1v) is 7.19. The van der Waals surface area contributed by atoms with Crippen LogP contribution in [0, 0.1) is 0 Å². The molecule has 130 valence electrons. The third-order valence-electron chi connectivity index (χ3n) is 2.95. The number of carbonyl (C=O) groups excluding carboxylic acids is 1. The van der Waals surface area contributed by atoms with E-state index in [9.17, 15) is 14.4 Å². The molecule has 0 saturated heterocycles. The van der Waals surface area contributed by atoms with Crippen molar-refractivity contribution in [3.05, 3.63) is 47.5 Å². The van der Waals surface area contributed by atoms with Gasteiger partial charge in [0.25, 0.3) is 5.91 Å². The molecule has 0 aliphatic heterocycles. The monoisotopic (exact) mass is 345 g/mol.